The Kier molecular flexibility index (Phi) is 4.65. The average molecular weight is 390 g/mol. The molecule has 1 aromatic heterocycles. The van der Waals surface area contributed by atoms with Crippen molar-refractivity contribution in [1.82, 2.24) is 20.6 Å². The minimum atomic E-state index is -0.765. The van der Waals surface area contributed by atoms with Crippen molar-refractivity contribution in [3.05, 3.63) is 70.5 Å². The van der Waals surface area contributed by atoms with Crippen LogP contribution in [0.15, 0.2) is 47.6 Å². The van der Waals surface area contributed by atoms with E-state index in [0.29, 0.717) is 11.1 Å². The van der Waals surface area contributed by atoms with Gasteiger partial charge in [0.05, 0.1) is 17.9 Å². The highest BCUT2D eigenvalue weighted by atomic mass is 16.5. The van der Waals surface area contributed by atoms with E-state index in [1.165, 1.54) is 0 Å². The summed E-state index contributed by atoms with van der Waals surface area (Å²) >= 11 is 0. The fourth-order valence-electron chi connectivity index (χ4n) is 3.00. The second-order valence-electron chi connectivity index (χ2n) is 5.96. The van der Waals surface area contributed by atoms with Gasteiger partial charge in [0.15, 0.2) is 11.6 Å². The first-order chi connectivity index (χ1) is 14.1. The van der Waals surface area contributed by atoms with Crippen molar-refractivity contribution < 1.29 is 19.1 Å². The Bertz CT molecular complexity index is 1150. The standard InChI is InChI=1S/C19H14N6O4/c1-2-29-19(28)15(18-22-24-25-23-18)21-20-13-9-5-8-12-14(13)17(27)11-7-4-3-6-10(11)16(12)26/h3-9,20H,2H2,1H3,(H,22,23,24,25). The number of H-pyrrole nitrogens is 1. The van der Waals surface area contributed by atoms with E-state index in [1.807, 2.05) is 0 Å². The van der Waals surface area contributed by atoms with Gasteiger partial charge in [0.25, 0.3) is 0 Å². The van der Waals surface area contributed by atoms with Gasteiger partial charge in [0.1, 0.15) is 0 Å². The number of fused-ring (bicyclic) bond motifs is 2. The lowest BCUT2D eigenvalue weighted by Gasteiger charge is -2.19. The molecule has 0 unspecified atom stereocenters. The maximum absolute atomic E-state index is 13.0. The number of anilines is 1. The molecule has 1 aliphatic carbocycles. The first kappa shape index (κ1) is 18.2. The number of carbonyl (C=O) groups is 3. The SMILES string of the molecule is CCOC(=O)C(=NNc1cccc2c1C(=O)c1ccccc1C2=O)c1nn[nH]n1. The molecule has 10 nitrogen and oxygen atoms in total. The molecule has 0 saturated heterocycles. The van der Waals surface area contributed by atoms with E-state index in [0.717, 1.165) is 0 Å². The normalized spacial score (nSPS) is 12.9. The monoisotopic (exact) mass is 390 g/mol. The number of ketones is 2. The highest BCUT2D eigenvalue weighted by molar-refractivity contribution is 6.42. The highest BCUT2D eigenvalue weighted by Crippen LogP contribution is 2.31. The molecule has 0 atom stereocenters. The van der Waals surface area contributed by atoms with E-state index < -0.39 is 5.97 Å². The lowest BCUT2D eigenvalue weighted by molar-refractivity contribution is -0.135. The minimum Gasteiger partial charge on any atom is -0.461 e. The number of aromatic nitrogens is 4. The number of benzene rings is 2. The number of hydrogen-bond donors (Lipinski definition) is 2. The molecule has 4 rings (SSSR count). The van der Waals surface area contributed by atoms with E-state index in [2.05, 4.69) is 31.2 Å². The van der Waals surface area contributed by atoms with Crippen LogP contribution >= 0.6 is 0 Å². The first-order valence-corrected chi connectivity index (χ1v) is 8.68. The number of esters is 1. The zero-order valence-electron chi connectivity index (χ0n) is 15.2. The molecule has 1 aliphatic rings. The number of carbonyl (C=O) groups excluding carboxylic acids is 3. The van der Waals surface area contributed by atoms with Gasteiger partial charge in [-0.2, -0.15) is 10.3 Å². The Hall–Kier alpha value is -4.21. The van der Waals surface area contributed by atoms with Crippen molar-refractivity contribution in [2.24, 2.45) is 5.10 Å². The van der Waals surface area contributed by atoms with Gasteiger partial charge in [-0.25, -0.2) is 4.79 Å². The van der Waals surface area contributed by atoms with Gasteiger partial charge in [0.2, 0.25) is 11.5 Å². The van der Waals surface area contributed by atoms with E-state index >= 15 is 0 Å². The summed E-state index contributed by atoms with van der Waals surface area (Å²) in [6, 6.07) is 11.4. The summed E-state index contributed by atoms with van der Waals surface area (Å²) in [6.45, 7) is 1.77. The number of nitrogens with one attached hydrogen (secondary N) is 2. The maximum Gasteiger partial charge on any atom is 0.362 e. The number of tetrazole rings is 1. The summed E-state index contributed by atoms with van der Waals surface area (Å²) in [5, 5.41) is 17.1. The van der Waals surface area contributed by atoms with Gasteiger partial charge < -0.3 is 4.74 Å². The third-order valence-corrected chi connectivity index (χ3v) is 4.27. The second kappa shape index (κ2) is 7.43. The van der Waals surface area contributed by atoms with Gasteiger partial charge in [-0.3, -0.25) is 15.0 Å². The maximum atomic E-state index is 13.0. The van der Waals surface area contributed by atoms with Crippen LogP contribution in [-0.4, -0.2) is 50.5 Å². The zero-order valence-corrected chi connectivity index (χ0v) is 15.2. The molecule has 2 aromatic carbocycles. The third-order valence-electron chi connectivity index (χ3n) is 4.27. The predicted molar refractivity (Wildman–Crippen MR) is 101 cm³/mol. The number of aromatic amines is 1. The molecule has 0 bridgehead atoms. The Labute approximate surface area is 164 Å². The molecule has 0 saturated carbocycles. The van der Waals surface area contributed by atoms with Crippen molar-refractivity contribution in [1.29, 1.82) is 0 Å². The second-order valence-corrected chi connectivity index (χ2v) is 5.96. The first-order valence-electron chi connectivity index (χ1n) is 8.68. The van der Waals surface area contributed by atoms with Gasteiger partial charge in [0, 0.05) is 16.7 Å². The Morgan fingerprint density at radius 2 is 1.79 bits per heavy atom. The van der Waals surface area contributed by atoms with Crippen LogP contribution in [-0.2, 0) is 9.53 Å². The molecule has 0 aliphatic heterocycles. The molecule has 2 N–H and O–H groups in total. The van der Waals surface area contributed by atoms with Crippen molar-refractivity contribution in [3.8, 4) is 0 Å². The van der Waals surface area contributed by atoms with E-state index in [1.54, 1.807) is 49.4 Å². The third kappa shape index (κ3) is 3.16. The van der Waals surface area contributed by atoms with Crippen molar-refractivity contribution in [2.45, 2.75) is 6.92 Å². The largest absolute Gasteiger partial charge is 0.461 e. The van der Waals surface area contributed by atoms with Crippen molar-refractivity contribution in [2.75, 3.05) is 12.0 Å². The lowest BCUT2D eigenvalue weighted by atomic mass is 9.83. The van der Waals surface area contributed by atoms with Crippen LogP contribution in [0, 0.1) is 0 Å². The van der Waals surface area contributed by atoms with Gasteiger partial charge in [-0.1, -0.05) is 36.4 Å². The Morgan fingerprint density at radius 1 is 1.07 bits per heavy atom. The quantitative estimate of drug-likeness (QED) is 0.296. The van der Waals surface area contributed by atoms with Crippen LogP contribution in [0.4, 0.5) is 5.69 Å². The Morgan fingerprint density at radius 3 is 2.48 bits per heavy atom. The summed E-state index contributed by atoms with van der Waals surface area (Å²) in [6.07, 6.45) is 0. The summed E-state index contributed by atoms with van der Waals surface area (Å²) in [5.74, 6) is -1.41. The number of hydrogen-bond acceptors (Lipinski definition) is 9. The molecular formula is C19H14N6O4. The fraction of sp³-hybridized carbons (Fsp3) is 0.105. The molecule has 29 heavy (non-hydrogen) atoms. The van der Waals surface area contributed by atoms with Crippen molar-refractivity contribution in [3.63, 3.8) is 0 Å². The molecule has 3 aromatic rings. The number of nitrogens with zero attached hydrogens (tertiary/aromatic N) is 4. The summed E-state index contributed by atoms with van der Waals surface area (Å²) in [5.41, 5.74) is 3.81. The van der Waals surface area contributed by atoms with Gasteiger partial charge >= 0.3 is 5.97 Å². The van der Waals surface area contributed by atoms with Crippen LogP contribution in [0.25, 0.3) is 0 Å². The number of rotatable bonds is 5. The summed E-state index contributed by atoms with van der Waals surface area (Å²) in [4.78, 5) is 38.0. The molecule has 0 fully saturated rings. The Balaban J connectivity index is 1.76. The van der Waals surface area contributed by atoms with Crippen LogP contribution in [0.1, 0.15) is 44.6 Å². The highest BCUT2D eigenvalue weighted by Gasteiger charge is 2.31. The average Bonchev–Trinajstić information content (AvgIpc) is 3.27. The van der Waals surface area contributed by atoms with E-state index in [9.17, 15) is 14.4 Å². The molecule has 10 heteroatoms. The van der Waals surface area contributed by atoms with Crippen LogP contribution in [0.5, 0.6) is 0 Å². The number of ether oxygens (including phenoxy) is 1. The fourth-order valence-corrected chi connectivity index (χ4v) is 3.00. The molecule has 0 radical (unpaired) electrons. The molecule has 0 amide bonds. The number of hydrazone groups is 1. The lowest BCUT2D eigenvalue weighted by Crippen LogP contribution is -2.24. The molecular weight excluding hydrogens is 376 g/mol. The zero-order chi connectivity index (χ0) is 20.4. The van der Waals surface area contributed by atoms with Crippen LogP contribution < -0.4 is 5.43 Å². The molecule has 144 valence electrons. The summed E-state index contributed by atoms with van der Waals surface area (Å²) in [7, 11) is 0. The van der Waals surface area contributed by atoms with E-state index in [-0.39, 0.29) is 46.5 Å². The topological polar surface area (TPSA) is 139 Å². The van der Waals surface area contributed by atoms with Gasteiger partial charge in [-0.05, 0) is 18.2 Å². The van der Waals surface area contributed by atoms with Gasteiger partial charge in [-0.15, -0.1) is 10.2 Å². The predicted octanol–water partition coefficient (Wildman–Crippen LogP) is 1.35. The minimum absolute atomic E-state index is 0.0755. The van der Waals surface area contributed by atoms with E-state index in [4.69, 9.17) is 4.74 Å². The molecule has 1 heterocycles. The van der Waals surface area contributed by atoms with Crippen molar-refractivity contribution >= 4 is 28.9 Å². The summed E-state index contributed by atoms with van der Waals surface area (Å²) < 4.78 is 4.96. The van der Waals surface area contributed by atoms with Crippen LogP contribution in [0.2, 0.25) is 0 Å². The van der Waals surface area contributed by atoms with Crippen LogP contribution in [0.3, 0.4) is 0 Å². The smallest absolute Gasteiger partial charge is 0.362 e. The molecule has 0 spiro atoms.